The Hall–Kier alpha value is -1.67. The van der Waals surface area contributed by atoms with Gasteiger partial charge in [-0.3, -0.25) is 4.98 Å². The molecule has 1 unspecified atom stereocenters. The third-order valence-electron chi connectivity index (χ3n) is 2.79. The molecule has 1 aromatic heterocycles. The van der Waals surface area contributed by atoms with Gasteiger partial charge in [0.15, 0.2) is 0 Å². The second kappa shape index (κ2) is 4.45. The number of hydrogen-bond donors (Lipinski definition) is 1. The molecule has 2 heteroatoms. The molecule has 1 aromatic carbocycles. The van der Waals surface area contributed by atoms with E-state index >= 15 is 0 Å². The van der Waals surface area contributed by atoms with E-state index in [9.17, 15) is 0 Å². The number of hydrogen-bond acceptors (Lipinski definition) is 2. The molecule has 0 fully saturated rings. The van der Waals surface area contributed by atoms with E-state index in [1.165, 1.54) is 16.7 Å². The first-order chi connectivity index (χ1) is 7.68. The third kappa shape index (κ3) is 2.12. The standard InChI is InChI=1S/C14H16N2/c1-10-7-8-16-9-14(10)13-5-3-12(4-6-13)11(2)15/h3-9,11H,15H2,1-2H3. The van der Waals surface area contributed by atoms with E-state index in [2.05, 4.69) is 36.2 Å². The molecule has 0 saturated heterocycles. The maximum atomic E-state index is 5.82. The van der Waals surface area contributed by atoms with Gasteiger partial charge in [0.1, 0.15) is 0 Å². The summed E-state index contributed by atoms with van der Waals surface area (Å²) in [5, 5.41) is 0. The summed E-state index contributed by atoms with van der Waals surface area (Å²) in [5.74, 6) is 0. The van der Waals surface area contributed by atoms with Crippen molar-refractivity contribution < 1.29 is 0 Å². The van der Waals surface area contributed by atoms with E-state index in [1.807, 2.05) is 25.4 Å². The summed E-state index contributed by atoms with van der Waals surface area (Å²) in [5.41, 5.74) is 10.6. The molecule has 0 saturated carbocycles. The van der Waals surface area contributed by atoms with E-state index in [0.29, 0.717) is 0 Å². The zero-order chi connectivity index (χ0) is 11.5. The molecule has 0 aliphatic rings. The first-order valence-corrected chi connectivity index (χ1v) is 5.45. The Morgan fingerprint density at radius 3 is 2.38 bits per heavy atom. The van der Waals surface area contributed by atoms with Crippen LogP contribution < -0.4 is 5.73 Å². The molecule has 1 heterocycles. The lowest BCUT2D eigenvalue weighted by molar-refractivity contribution is 0.818. The smallest absolute Gasteiger partial charge is 0.0349 e. The van der Waals surface area contributed by atoms with Crippen molar-refractivity contribution in [2.45, 2.75) is 19.9 Å². The highest BCUT2D eigenvalue weighted by atomic mass is 14.6. The maximum Gasteiger partial charge on any atom is 0.0349 e. The molecule has 0 aliphatic carbocycles. The maximum absolute atomic E-state index is 5.82. The number of rotatable bonds is 2. The van der Waals surface area contributed by atoms with Crippen molar-refractivity contribution in [1.29, 1.82) is 0 Å². The van der Waals surface area contributed by atoms with Crippen molar-refractivity contribution in [3.63, 3.8) is 0 Å². The number of nitrogens with zero attached hydrogens (tertiary/aromatic N) is 1. The lowest BCUT2D eigenvalue weighted by atomic mass is 10.0. The van der Waals surface area contributed by atoms with Crippen LogP contribution in [-0.4, -0.2) is 4.98 Å². The topological polar surface area (TPSA) is 38.9 Å². The Morgan fingerprint density at radius 1 is 1.12 bits per heavy atom. The van der Waals surface area contributed by atoms with Crippen molar-refractivity contribution in [1.82, 2.24) is 4.98 Å². The largest absolute Gasteiger partial charge is 0.324 e. The minimum absolute atomic E-state index is 0.0871. The minimum Gasteiger partial charge on any atom is -0.324 e. The molecule has 82 valence electrons. The molecule has 0 radical (unpaired) electrons. The number of aromatic nitrogens is 1. The number of nitrogens with two attached hydrogens (primary N) is 1. The molecule has 2 nitrogen and oxygen atoms in total. The highest BCUT2D eigenvalue weighted by Gasteiger charge is 2.03. The van der Waals surface area contributed by atoms with E-state index in [4.69, 9.17) is 5.73 Å². The van der Waals surface area contributed by atoms with Gasteiger partial charge in [0.25, 0.3) is 0 Å². The van der Waals surface area contributed by atoms with Gasteiger partial charge in [-0.1, -0.05) is 24.3 Å². The Bertz CT molecular complexity index is 472. The van der Waals surface area contributed by atoms with Gasteiger partial charge in [-0.05, 0) is 36.6 Å². The normalized spacial score (nSPS) is 12.4. The summed E-state index contributed by atoms with van der Waals surface area (Å²) in [6.45, 7) is 4.08. The molecular formula is C14H16N2. The monoisotopic (exact) mass is 212 g/mol. The first-order valence-electron chi connectivity index (χ1n) is 5.45. The summed E-state index contributed by atoms with van der Waals surface area (Å²) in [7, 11) is 0. The van der Waals surface area contributed by atoms with Gasteiger partial charge >= 0.3 is 0 Å². The summed E-state index contributed by atoms with van der Waals surface area (Å²) >= 11 is 0. The summed E-state index contributed by atoms with van der Waals surface area (Å²) in [4.78, 5) is 4.15. The van der Waals surface area contributed by atoms with Crippen molar-refractivity contribution in [3.05, 3.63) is 53.9 Å². The predicted molar refractivity (Wildman–Crippen MR) is 67.0 cm³/mol. The average Bonchev–Trinajstić information content (AvgIpc) is 2.30. The fourth-order valence-electron chi connectivity index (χ4n) is 1.73. The Morgan fingerprint density at radius 2 is 1.81 bits per heavy atom. The van der Waals surface area contributed by atoms with Crippen molar-refractivity contribution in [2.24, 2.45) is 5.73 Å². The van der Waals surface area contributed by atoms with Gasteiger partial charge in [-0.25, -0.2) is 0 Å². The molecule has 0 spiro atoms. The Labute approximate surface area is 96.1 Å². The molecule has 2 aromatic rings. The average molecular weight is 212 g/mol. The van der Waals surface area contributed by atoms with E-state index in [-0.39, 0.29) is 6.04 Å². The number of aryl methyl sites for hydroxylation is 1. The summed E-state index contributed by atoms with van der Waals surface area (Å²) in [6.07, 6.45) is 3.71. The van der Waals surface area contributed by atoms with Gasteiger partial charge in [-0.2, -0.15) is 0 Å². The first kappa shape index (κ1) is 10.8. The molecule has 0 amide bonds. The molecule has 0 bridgehead atoms. The quantitative estimate of drug-likeness (QED) is 0.830. The van der Waals surface area contributed by atoms with Crippen LogP contribution in [0, 0.1) is 6.92 Å². The third-order valence-corrected chi connectivity index (χ3v) is 2.79. The van der Waals surface area contributed by atoms with Crippen LogP contribution in [0.3, 0.4) is 0 Å². The van der Waals surface area contributed by atoms with E-state index in [1.54, 1.807) is 0 Å². The van der Waals surface area contributed by atoms with Crippen LogP contribution in [-0.2, 0) is 0 Å². The van der Waals surface area contributed by atoms with Crippen molar-refractivity contribution >= 4 is 0 Å². The Balaban J connectivity index is 2.39. The van der Waals surface area contributed by atoms with Crippen LogP contribution in [0.5, 0.6) is 0 Å². The second-order valence-electron chi connectivity index (χ2n) is 4.10. The van der Waals surface area contributed by atoms with Gasteiger partial charge in [0, 0.05) is 24.0 Å². The van der Waals surface area contributed by atoms with Crippen molar-refractivity contribution in [3.8, 4) is 11.1 Å². The zero-order valence-corrected chi connectivity index (χ0v) is 9.64. The van der Waals surface area contributed by atoms with Gasteiger partial charge in [0.05, 0.1) is 0 Å². The van der Waals surface area contributed by atoms with E-state index in [0.717, 1.165) is 5.56 Å². The lowest BCUT2D eigenvalue weighted by Gasteiger charge is -2.08. The lowest BCUT2D eigenvalue weighted by Crippen LogP contribution is -2.04. The molecule has 2 N–H and O–H groups in total. The highest BCUT2D eigenvalue weighted by molar-refractivity contribution is 5.66. The minimum atomic E-state index is 0.0871. The van der Waals surface area contributed by atoms with E-state index < -0.39 is 0 Å². The SMILES string of the molecule is Cc1ccncc1-c1ccc(C(C)N)cc1. The van der Waals surface area contributed by atoms with Gasteiger partial charge < -0.3 is 5.73 Å². The van der Waals surface area contributed by atoms with Crippen LogP contribution in [0.2, 0.25) is 0 Å². The zero-order valence-electron chi connectivity index (χ0n) is 9.64. The Kier molecular flexibility index (Phi) is 3.02. The fraction of sp³-hybridized carbons (Fsp3) is 0.214. The van der Waals surface area contributed by atoms with Crippen LogP contribution in [0.4, 0.5) is 0 Å². The number of pyridine rings is 1. The molecular weight excluding hydrogens is 196 g/mol. The molecule has 1 atom stereocenters. The van der Waals surface area contributed by atoms with Crippen molar-refractivity contribution in [2.75, 3.05) is 0 Å². The summed E-state index contributed by atoms with van der Waals surface area (Å²) < 4.78 is 0. The molecule has 0 aliphatic heterocycles. The van der Waals surface area contributed by atoms with Gasteiger partial charge in [-0.15, -0.1) is 0 Å². The second-order valence-corrected chi connectivity index (χ2v) is 4.10. The predicted octanol–water partition coefficient (Wildman–Crippen LogP) is 3.08. The van der Waals surface area contributed by atoms with Crippen LogP contribution in [0.1, 0.15) is 24.1 Å². The molecule has 16 heavy (non-hydrogen) atoms. The highest BCUT2D eigenvalue weighted by Crippen LogP contribution is 2.23. The van der Waals surface area contributed by atoms with Gasteiger partial charge in [0.2, 0.25) is 0 Å². The van der Waals surface area contributed by atoms with Crippen LogP contribution in [0.25, 0.3) is 11.1 Å². The van der Waals surface area contributed by atoms with Crippen LogP contribution in [0.15, 0.2) is 42.7 Å². The summed E-state index contributed by atoms with van der Waals surface area (Å²) in [6, 6.07) is 10.5. The number of benzene rings is 1. The molecule has 2 rings (SSSR count). The fourth-order valence-corrected chi connectivity index (χ4v) is 1.73. The van der Waals surface area contributed by atoms with Crippen LogP contribution >= 0.6 is 0 Å².